The van der Waals surface area contributed by atoms with Crippen LogP contribution in [0, 0.1) is 0 Å². The van der Waals surface area contributed by atoms with Crippen LogP contribution in [0.15, 0.2) is 42.2 Å². The predicted octanol–water partition coefficient (Wildman–Crippen LogP) is 3.10. The van der Waals surface area contributed by atoms with E-state index in [0.29, 0.717) is 0 Å². The van der Waals surface area contributed by atoms with Gasteiger partial charge >= 0.3 is 0 Å². The van der Waals surface area contributed by atoms with Gasteiger partial charge in [0.05, 0.1) is 5.92 Å². The van der Waals surface area contributed by atoms with Crippen molar-refractivity contribution in [2.24, 2.45) is 0 Å². The fourth-order valence-electron chi connectivity index (χ4n) is 2.92. The van der Waals surface area contributed by atoms with Crippen LogP contribution < -0.4 is 0 Å². The molecule has 0 fully saturated rings. The molecule has 1 radical (unpaired) electrons. The van der Waals surface area contributed by atoms with Crippen LogP contribution >= 0.6 is 0 Å². The molecule has 1 aromatic rings. The van der Waals surface area contributed by atoms with E-state index in [2.05, 4.69) is 6.07 Å². The van der Waals surface area contributed by atoms with Crippen LogP contribution in [0.25, 0.3) is 0 Å². The van der Waals surface area contributed by atoms with E-state index in [1.54, 1.807) is 6.08 Å². The number of rotatable bonds is 1. The summed E-state index contributed by atoms with van der Waals surface area (Å²) in [6, 6.07) is 6.14. The number of aryl methyl sites for hydroxylation is 1. The highest BCUT2D eigenvalue weighted by atomic mass is 16.3. The topological polar surface area (TPSA) is 37.0 Å². The van der Waals surface area contributed by atoms with Gasteiger partial charge in [0, 0.05) is 0 Å². The van der Waals surface area contributed by atoms with Gasteiger partial charge in [0.1, 0.15) is 0 Å². The summed E-state index contributed by atoms with van der Waals surface area (Å²) in [6.45, 7) is 0. The van der Waals surface area contributed by atoms with E-state index < -0.39 is 0 Å². The Balaban J connectivity index is 2.05. The monoisotopic (exact) mass is 239 g/mol. The van der Waals surface area contributed by atoms with Gasteiger partial charge in [-0.25, -0.2) is 0 Å². The van der Waals surface area contributed by atoms with Gasteiger partial charge in [-0.3, -0.25) is 9.90 Å². The Morgan fingerprint density at radius 1 is 1.11 bits per heavy atom. The minimum Gasteiger partial charge on any atom is -0.289 e. The molecule has 0 N–H and O–H groups in total. The van der Waals surface area contributed by atoms with Gasteiger partial charge in [-0.2, -0.15) is 0 Å². The summed E-state index contributed by atoms with van der Waals surface area (Å²) in [5.41, 5.74) is 3.68. The van der Waals surface area contributed by atoms with E-state index in [1.165, 1.54) is 30.0 Å². The number of hydrogen-bond acceptors (Lipinski definition) is 1. The van der Waals surface area contributed by atoms with Crippen LogP contribution in [0.2, 0.25) is 0 Å². The first kappa shape index (κ1) is 11.3. The Labute approximate surface area is 107 Å². The predicted molar refractivity (Wildman–Crippen MR) is 68.7 cm³/mol. The molecule has 2 nitrogen and oxygen atoms in total. The van der Waals surface area contributed by atoms with Crippen LogP contribution in [0.3, 0.4) is 0 Å². The highest BCUT2D eigenvalue weighted by Crippen LogP contribution is 2.32. The van der Waals surface area contributed by atoms with E-state index in [4.69, 9.17) is 0 Å². The first-order chi connectivity index (χ1) is 8.77. The summed E-state index contributed by atoms with van der Waals surface area (Å²) in [5.74, 6) is -1.04. The average Bonchev–Trinajstić information content (AvgIpc) is 2.41. The van der Waals surface area contributed by atoms with Crippen molar-refractivity contribution in [2.75, 3.05) is 0 Å². The minimum absolute atomic E-state index is 0.295. The Morgan fingerprint density at radius 2 is 1.94 bits per heavy atom. The van der Waals surface area contributed by atoms with E-state index in [0.717, 1.165) is 18.4 Å². The van der Waals surface area contributed by atoms with E-state index in [9.17, 15) is 9.90 Å². The number of carbonyl (C=O) groups is 1. The maximum absolute atomic E-state index is 12.0. The third-order valence-corrected chi connectivity index (χ3v) is 3.84. The lowest BCUT2D eigenvalue weighted by Gasteiger charge is -2.23. The van der Waals surface area contributed by atoms with Crippen molar-refractivity contribution in [3.8, 4) is 0 Å². The zero-order chi connectivity index (χ0) is 12.5. The van der Waals surface area contributed by atoms with E-state index >= 15 is 0 Å². The Kier molecular flexibility index (Phi) is 2.78. The first-order valence-electron chi connectivity index (χ1n) is 6.48. The van der Waals surface area contributed by atoms with Crippen molar-refractivity contribution in [3.63, 3.8) is 0 Å². The SMILES string of the molecule is [O]C1=CC=CC(c2cccc3c2CCCC3)C1=O. The maximum Gasteiger partial charge on any atom is 0.222 e. The molecule has 1 atom stereocenters. The number of fused-ring (bicyclic) bond motifs is 1. The quantitative estimate of drug-likeness (QED) is 0.742. The molecule has 2 aliphatic rings. The van der Waals surface area contributed by atoms with Gasteiger partial charge in [-0.1, -0.05) is 30.4 Å². The summed E-state index contributed by atoms with van der Waals surface area (Å²) in [7, 11) is 0. The van der Waals surface area contributed by atoms with Crippen molar-refractivity contribution >= 4 is 5.78 Å². The molecule has 0 aliphatic heterocycles. The molecule has 0 heterocycles. The number of carbonyl (C=O) groups excluding carboxylic acids is 1. The Bertz CT molecular complexity index is 552. The van der Waals surface area contributed by atoms with Gasteiger partial charge in [-0.05, 0) is 48.4 Å². The molecular formula is C16H15O2. The molecule has 0 saturated heterocycles. The number of allylic oxidation sites excluding steroid dienone is 4. The third kappa shape index (κ3) is 1.78. The van der Waals surface area contributed by atoms with Crippen molar-refractivity contribution in [3.05, 3.63) is 58.9 Å². The highest BCUT2D eigenvalue weighted by Gasteiger charge is 2.27. The summed E-state index contributed by atoms with van der Waals surface area (Å²) in [4.78, 5) is 12.0. The van der Waals surface area contributed by atoms with Gasteiger partial charge in [0.2, 0.25) is 11.5 Å². The fourth-order valence-corrected chi connectivity index (χ4v) is 2.92. The summed E-state index contributed by atoms with van der Waals surface area (Å²) < 4.78 is 0. The van der Waals surface area contributed by atoms with Crippen LogP contribution in [0.5, 0.6) is 0 Å². The summed E-state index contributed by atoms with van der Waals surface area (Å²) in [6.07, 6.45) is 9.42. The highest BCUT2D eigenvalue weighted by molar-refractivity contribution is 6.01. The molecule has 1 aromatic carbocycles. The first-order valence-corrected chi connectivity index (χ1v) is 6.48. The Hall–Kier alpha value is -1.83. The molecular weight excluding hydrogens is 224 g/mol. The molecule has 3 rings (SSSR count). The van der Waals surface area contributed by atoms with E-state index in [1.807, 2.05) is 18.2 Å². The summed E-state index contributed by atoms with van der Waals surface area (Å²) in [5, 5.41) is 11.5. The zero-order valence-corrected chi connectivity index (χ0v) is 10.2. The second-order valence-corrected chi connectivity index (χ2v) is 4.95. The van der Waals surface area contributed by atoms with Crippen molar-refractivity contribution < 1.29 is 9.90 Å². The average molecular weight is 239 g/mol. The fraction of sp³-hybridized carbons (Fsp3) is 0.312. The molecule has 2 heteroatoms. The van der Waals surface area contributed by atoms with Crippen LogP contribution in [0.4, 0.5) is 0 Å². The number of ketones is 1. The van der Waals surface area contributed by atoms with Crippen molar-refractivity contribution in [1.82, 2.24) is 0 Å². The molecule has 1 unspecified atom stereocenters. The van der Waals surface area contributed by atoms with Crippen LogP contribution in [0.1, 0.15) is 35.4 Å². The lowest BCUT2D eigenvalue weighted by Crippen LogP contribution is -2.18. The molecule has 18 heavy (non-hydrogen) atoms. The maximum atomic E-state index is 12.0. The second-order valence-electron chi connectivity index (χ2n) is 4.95. The molecule has 2 aliphatic carbocycles. The number of hydrogen-bond donors (Lipinski definition) is 0. The number of Topliss-reactive ketones (excluding diaryl/α,β-unsaturated/α-hetero) is 1. The molecule has 0 saturated carbocycles. The van der Waals surface area contributed by atoms with Gasteiger partial charge < -0.3 is 0 Å². The third-order valence-electron chi connectivity index (χ3n) is 3.84. The molecule has 91 valence electrons. The normalized spacial score (nSPS) is 22.6. The van der Waals surface area contributed by atoms with E-state index in [-0.39, 0.29) is 17.5 Å². The molecule has 0 aromatic heterocycles. The van der Waals surface area contributed by atoms with Crippen molar-refractivity contribution in [2.45, 2.75) is 31.6 Å². The summed E-state index contributed by atoms with van der Waals surface area (Å²) >= 11 is 0. The molecule has 0 bridgehead atoms. The second kappa shape index (κ2) is 4.45. The van der Waals surface area contributed by atoms with Gasteiger partial charge in [0.15, 0.2) is 0 Å². The smallest absolute Gasteiger partial charge is 0.222 e. The lowest BCUT2D eigenvalue weighted by atomic mass is 9.81. The zero-order valence-electron chi connectivity index (χ0n) is 10.2. The lowest BCUT2D eigenvalue weighted by molar-refractivity contribution is -0.119. The van der Waals surface area contributed by atoms with Crippen LogP contribution in [-0.2, 0) is 22.7 Å². The standard InChI is InChI=1S/C16H15O2/c17-15-10-4-9-14(16(15)18)13-8-3-6-11-5-1-2-7-12(11)13/h3-4,6,8-10,14H,1-2,5,7H2. The molecule has 0 amide bonds. The van der Waals surface area contributed by atoms with Crippen LogP contribution in [-0.4, -0.2) is 5.78 Å². The molecule has 0 spiro atoms. The van der Waals surface area contributed by atoms with Gasteiger partial charge in [-0.15, -0.1) is 0 Å². The van der Waals surface area contributed by atoms with Crippen molar-refractivity contribution in [1.29, 1.82) is 0 Å². The minimum atomic E-state index is -0.379. The largest absolute Gasteiger partial charge is 0.289 e. The Morgan fingerprint density at radius 3 is 2.83 bits per heavy atom. The van der Waals surface area contributed by atoms with Gasteiger partial charge in [0.25, 0.3) is 0 Å². The number of benzene rings is 1.